The molecule has 62 valence electrons. The second kappa shape index (κ2) is 4.65. The summed E-state index contributed by atoms with van der Waals surface area (Å²) >= 11 is 5.75. The second-order valence-corrected chi connectivity index (χ2v) is 2.77. The summed E-state index contributed by atoms with van der Waals surface area (Å²) in [6, 6.07) is 7.53. The van der Waals surface area contributed by atoms with Crippen LogP contribution in [0.15, 0.2) is 29.4 Å². The Hall–Kier alpha value is -1.18. The molecule has 1 aromatic rings. The van der Waals surface area contributed by atoms with E-state index >= 15 is 0 Å². The van der Waals surface area contributed by atoms with E-state index in [1.54, 1.807) is 0 Å². The van der Waals surface area contributed by atoms with Crippen LogP contribution in [0.25, 0.3) is 10.4 Å². The molecular formula is C8H8ClN3. The molecule has 0 saturated heterocycles. The van der Waals surface area contributed by atoms with Gasteiger partial charge in [-0.05, 0) is 29.6 Å². The second-order valence-electron chi connectivity index (χ2n) is 2.33. The molecule has 3 nitrogen and oxygen atoms in total. The van der Waals surface area contributed by atoms with Gasteiger partial charge in [0.25, 0.3) is 0 Å². The minimum Gasteiger partial charge on any atom is -0.0936 e. The highest BCUT2D eigenvalue weighted by molar-refractivity contribution is 6.30. The zero-order valence-electron chi connectivity index (χ0n) is 6.44. The lowest BCUT2D eigenvalue weighted by atomic mass is 10.2. The van der Waals surface area contributed by atoms with Crippen molar-refractivity contribution in [2.45, 2.75) is 6.42 Å². The van der Waals surface area contributed by atoms with Gasteiger partial charge in [0, 0.05) is 16.5 Å². The van der Waals surface area contributed by atoms with Gasteiger partial charge in [0.1, 0.15) is 0 Å². The Morgan fingerprint density at radius 3 is 3.00 bits per heavy atom. The SMILES string of the molecule is [N-]=[N+]=NCCc1cccc(Cl)c1. The van der Waals surface area contributed by atoms with E-state index in [9.17, 15) is 0 Å². The van der Waals surface area contributed by atoms with Gasteiger partial charge >= 0.3 is 0 Å². The fourth-order valence-corrected chi connectivity index (χ4v) is 1.13. The minimum absolute atomic E-state index is 0.483. The zero-order valence-corrected chi connectivity index (χ0v) is 7.20. The molecule has 0 saturated carbocycles. The first-order valence-electron chi connectivity index (χ1n) is 3.58. The number of halogens is 1. The molecule has 12 heavy (non-hydrogen) atoms. The monoisotopic (exact) mass is 181 g/mol. The maximum absolute atomic E-state index is 8.03. The van der Waals surface area contributed by atoms with Crippen LogP contribution >= 0.6 is 11.6 Å². The molecule has 0 atom stereocenters. The van der Waals surface area contributed by atoms with Crippen molar-refractivity contribution in [3.63, 3.8) is 0 Å². The third kappa shape index (κ3) is 2.82. The first kappa shape index (κ1) is 8.91. The molecule has 0 aliphatic heterocycles. The number of nitrogens with zero attached hydrogens (tertiary/aromatic N) is 3. The van der Waals surface area contributed by atoms with Gasteiger partial charge in [0.15, 0.2) is 0 Å². The molecule has 0 aromatic heterocycles. The Kier molecular flexibility index (Phi) is 3.45. The summed E-state index contributed by atoms with van der Waals surface area (Å²) in [5.41, 5.74) is 9.12. The maximum Gasteiger partial charge on any atom is 0.0408 e. The number of hydrogen-bond donors (Lipinski definition) is 0. The molecule has 1 aromatic carbocycles. The molecule has 0 aliphatic rings. The van der Waals surface area contributed by atoms with Crippen molar-refractivity contribution in [1.82, 2.24) is 0 Å². The van der Waals surface area contributed by atoms with Crippen LogP contribution in [0.1, 0.15) is 5.56 Å². The van der Waals surface area contributed by atoms with E-state index in [4.69, 9.17) is 17.1 Å². The Morgan fingerprint density at radius 2 is 2.33 bits per heavy atom. The highest BCUT2D eigenvalue weighted by Crippen LogP contribution is 2.10. The average Bonchev–Trinajstić information content (AvgIpc) is 2.05. The Balaban J connectivity index is 2.57. The van der Waals surface area contributed by atoms with E-state index in [0.717, 1.165) is 12.0 Å². The van der Waals surface area contributed by atoms with E-state index in [1.807, 2.05) is 24.3 Å². The lowest BCUT2D eigenvalue weighted by Crippen LogP contribution is -1.87. The lowest BCUT2D eigenvalue weighted by molar-refractivity contribution is 0.956. The van der Waals surface area contributed by atoms with Crippen LogP contribution in [-0.4, -0.2) is 6.54 Å². The molecule has 0 amide bonds. The molecule has 0 bridgehead atoms. The van der Waals surface area contributed by atoms with Crippen LogP contribution < -0.4 is 0 Å². The quantitative estimate of drug-likeness (QED) is 0.391. The highest BCUT2D eigenvalue weighted by atomic mass is 35.5. The van der Waals surface area contributed by atoms with E-state index < -0.39 is 0 Å². The van der Waals surface area contributed by atoms with Crippen molar-refractivity contribution in [3.05, 3.63) is 45.3 Å². The molecule has 0 heterocycles. The van der Waals surface area contributed by atoms with Gasteiger partial charge in [0.2, 0.25) is 0 Å². The molecule has 0 fully saturated rings. The van der Waals surface area contributed by atoms with Crippen molar-refractivity contribution in [2.24, 2.45) is 5.11 Å². The topological polar surface area (TPSA) is 48.8 Å². The van der Waals surface area contributed by atoms with E-state index in [0.29, 0.717) is 11.6 Å². The van der Waals surface area contributed by atoms with Crippen LogP contribution in [-0.2, 0) is 6.42 Å². The Labute approximate surface area is 75.6 Å². The van der Waals surface area contributed by atoms with Crippen LogP contribution in [0, 0.1) is 0 Å². The fourth-order valence-electron chi connectivity index (χ4n) is 0.916. The van der Waals surface area contributed by atoms with Gasteiger partial charge in [-0.1, -0.05) is 28.8 Å². The molecular weight excluding hydrogens is 174 g/mol. The first-order valence-corrected chi connectivity index (χ1v) is 3.96. The third-order valence-corrected chi connectivity index (χ3v) is 1.69. The van der Waals surface area contributed by atoms with Crippen molar-refractivity contribution in [2.75, 3.05) is 6.54 Å². The van der Waals surface area contributed by atoms with Gasteiger partial charge < -0.3 is 0 Å². The van der Waals surface area contributed by atoms with Gasteiger partial charge in [-0.15, -0.1) is 0 Å². The van der Waals surface area contributed by atoms with Gasteiger partial charge in [-0.3, -0.25) is 0 Å². The summed E-state index contributed by atoms with van der Waals surface area (Å²) in [6.45, 7) is 0.483. The van der Waals surface area contributed by atoms with Crippen LogP contribution in [0.4, 0.5) is 0 Å². The average molecular weight is 182 g/mol. The normalized spacial score (nSPS) is 9.08. The van der Waals surface area contributed by atoms with Crippen molar-refractivity contribution in [1.29, 1.82) is 0 Å². The Morgan fingerprint density at radius 1 is 1.50 bits per heavy atom. The van der Waals surface area contributed by atoms with Crippen LogP contribution in [0.5, 0.6) is 0 Å². The maximum atomic E-state index is 8.03. The fraction of sp³-hybridized carbons (Fsp3) is 0.250. The summed E-state index contributed by atoms with van der Waals surface area (Å²) in [5, 5.41) is 4.15. The molecule has 0 spiro atoms. The third-order valence-electron chi connectivity index (χ3n) is 1.45. The highest BCUT2D eigenvalue weighted by Gasteiger charge is 1.91. The number of benzene rings is 1. The molecule has 1 rings (SSSR count). The Bertz CT molecular complexity index is 305. The summed E-state index contributed by atoms with van der Waals surface area (Å²) in [7, 11) is 0. The zero-order chi connectivity index (χ0) is 8.81. The number of rotatable bonds is 3. The molecule has 0 unspecified atom stereocenters. The summed E-state index contributed by atoms with van der Waals surface area (Å²) in [4.78, 5) is 2.67. The minimum atomic E-state index is 0.483. The van der Waals surface area contributed by atoms with Crippen LogP contribution in [0.2, 0.25) is 5.02 Å². The predicted octanol–water partition coefficient (Wildman–Crippen LogP) is 3.19. The van der Waals surface area contributed by atoms with Crippen molar-refractivity contribution in [3.8, 4) is 0 Å². The molecule has 0 radical (unpaired) electrons. The standard InChI is InChI=1S/C8H8ClN3/c9-8-3-1-2-7(6-8)4-5-11-12-10/h1-3,6H,4-5H2. The lowest BCUT2D eigenvalue weighted by Gasteiger charge is -1.96. The van der Waals surface area contributed by atoms with Gasteiger partial charge in [-0.25, -0.2) is 0 Å². The van der Waals surface area contributed by atoms with Crippen molar-refractivity contribution >= 4 is 11.6 Å². The van der Waals surface area contributed by atoms with E-state index in [-0.39, 0.29) is 0 Å². The summed E-state index contributed by atoms with van der Waals surface area (Å²) in [5.74, 6) is 0. The van der Waals surface area contributed by atoms with Gasteiger partial charge in [0.05, 0.1) is 0 Å². The molecule has 4 heteroatoms. The number of hydrogen-bond acceptors (Lipinski definition) is 1. The summed E-state index contributed by atoms with van der Waals surface area (Å²) in [6.07, 6.45) is 0.741. The number of azide groups is 1. The predicted molar refractivity (Wildman–Crippen MR) is 49.2 cm³/mol. The van der Waals surface area contributed by atoms with E-state index in [2.05, 4.69) is 10.0 Å². The van der Waals surface area contributed by atoms with Crippen molar-refractivity contribution < 1.29 is 0 Å². The molecule has 0 N–H and O–H groups in total. The smallest absolute Gasteiger partial charge is 0.0408 e. The molecule has 0 aliphatic carbocycles. The van der Waals surface area contributed by atoms with Gasteiger partial charge in [-0.2, -0.15) is 0 Å². The van der Waals surface area contributed by atoms with E-state index in [1.165, 1.54) is 0 Å². The largest absolute Gasteiger partial charge is 0.0936 e. The van der Waals surface area contributed by atoms with Crippen LogP contribution in [0.3, 0.4) is 0 Å². The first-order chi connectivity index (χ1) is 5.83. The summed E-state index contributed by atoms with van der Waals surface area (Å²) < 4.78 is 0.